The molecule has 0 radical (unpaired) electrons. The number of rotatable bonds is 2. The average molecular weight is 318 g/mol. The first-order valence-electron chi connectivity index (χ1n) is 7.45. The van der Waals surface area contributed by atoms with Gasteiger partial charge in [0.15, 0.2) is 5.78 Å². The van der Waals surface area contributed by atoms with Gasteiger partial charge >= 0.3 is 12.0 Å². The molecule has 0 aliphatic carbocycles. The summed E-state index contributed by atoms with van der Waals surface area (Å²) in [5.74, 6) is 0.632. The number of imidazole rings is 1. The molecule has 8 nitrogen and oxygen atoms in total. The molecular formula is C15H20N5O3+. The molecule has 0 bridgehead atoms. The summed E-state index contributed by atoms with van der Waals surface area (Å²) in [7, 11) is 3.07. The number of amides is 3. The summed E-state index contributed by atoms with van der Waals surface area (Å²) < 4.78 is 3.64. The number of nitrogens with zero attached hydrogens (tertiary/aromatic N) is 5. The second-order valence-electron chi connectivity index (χ2n) is 6.11. The highest BCUT2D eigenvalue weighted by Crippen LogP contribution is 2.32. The lowest BCUT2D eigenvalue weighted by molar-refractivity contribution is -0.682. The van der Waals surface area contributed by atoms with Gasteiger partial charge in [-0.2, -0.15) is 0 Å². The van der Waals surface area contributed by atoms with Crippen molar-refractivity contribution in [3.8, 4) is 0 Å². The maximum absolute atomic E-state index is 12.6. The van der Waals surface area contributed by atoms with Gasteiger partial charge in [-0.1, -0.05) is 4.99 Å². The van der Waals surface area contributed by atoms with Crippen LogP contribution in [0.3, 0.4) is 0 Å². The Bertz CT molecular complexity index is 792. The van der Waals surface area contributed by atoms with E-state index >= 15 is 0 Å². The van der Waals surface area contributed by atoms with Crippen LogP contribution in [0.15, 0.2) is 4.99 Å². The van der Waals surface area contributed by atoms with Gasteiger partial charge in [0.1, 0.15) is 17.4 Å². The molecule has 0 spiro atoms. The van der Waals surface area contributed by atoms with Crippen LogP contribution in [0.2, 0.25) is 0 Å². The molecule has 1 aromatic heterocycles. The first-order chi connectivity index (χ1) is 10.7. The lowest BCUT2D eigenvalue weighted by Gasteiger charge is -2.30. The first kappa shape index (κ1) is 15.4. The maximum Gasteiger partial charge on any atom is 0.402 e. The van der Waals surface area contributed by atoms with Crippen molar-refractivity contribution in [1.82, 2.24) is 14.4 Å². The van der Waals surface area contributed by atoms with Gasteiger partial charge in [0.25, 0.3) is 5.91 Å². The summed E-state index contributed by atoms with van der Waals surface area (Å²) in [6.07, 6.45) is 0. The highest BCUT2D eigenvalue weighted by molar-refractivity contribution is 6.18. The molecule has 2 atom stereocenters. The summed E-state index contributed by atoms with van der Waals surface area (Å²) in [5.41, 5.74) is 1.75. The molecule has 1 aromatic rings. The second kappa shape index (κ2) is 4.74. The molecule has 1 fully saturated rings. The number of Topliss-reactive ketones (excluding diaryl/α,β-unsaturated/α-hetero) is 1. The zero-order valence-corrected chi connectivity index (χ0v) is 14.1. The number of hydrogen-bond acceptors (Lipinski definition) is 4. The number of hydrogen-bond donors (Lipinski definition) is 0. The predicted molar refractivity (Wildman–Crippen MR) is 81.6 cm³/mol. The fraction of sp³-hybridized carbons (Fsp3) is 0.533. The summed E-state index contributed by atoms with van der Waals surface area (Å²) in [4.78, 5) is 43.6. The van der Waals surface area contributed by atoms with Crippen LogP contribution in [0.1, 0.15) is 37.3 Å². The van der Waals surface area contributed by atoms with Crippen molar-refractivity contribution >= 4 is 29.5 Å². The zero-order chi connectivity index (χ0) is 17.2. The van der Waals surface area contributed by atoms with E-state index in [4.69, 9.17) is 0 Å². The normalized spacial score (nSPS) is 21.3. The number of fused-ring (bicyclic) bond motifs is 3. The molecule has 0 saturated carbocycles. The largest absolute Gasteiger partial charge is 0.402 e. The standard InChI is InChI=1S/C15H20N5O3/c1-7-8(2)20-11-12(17(5)15(23)18(6)13(11)22)16-14(20)19(7)9(3)10(4)21/h9,11H,1-6H3/q+1. The molecule has 122 valence electrons. The molecule has 2 unspecified atom stereocenters. The molecule has 3 amide bonds. The SMILES string of the molecule is CC(=O)C(C)n1c(C)c(C)[n+]2c1N=C1C2C(=O)N(C)C(=O)N1C. The first-order valence-corrected chi connectivity index (χ1v) is 7.45. The number of carbonyl (C=O) groups is 3. The van der Waals surface area contributed by atoms with E-state index in [2.05, 4.69) is 4.99 Å². The van der Waals surface area contributed by atoms with Gasteiger partial charge in [-0.05, 0) is 27.7 Å². The van der Waals surface area contributed by atoms with E-state index in [0.717, 1.165) is 16.3 Å². The summed E-state index contributed by atoms with van der Waals surface area (Å²) in [6.45, 7) is 7.13. The Balaban J connectivity index is 2.25. The smallest absolute Gasteiger partial charge is 0.296 e. The third kappa shape index (κ3) is 1.80. The van der Waals surface area contributed by atoms with Crippen LogP contribution in [0.4, 0.5) is 10.7 Å². The summed E-state index contributed by atoms with van der Waals surface area (Å²) in [6, 6.07) is -1.45. The molecular weight excluding hydrogens is 298 g/mol. The predicted octanol–water partition coefficient (Wildman–Crippen LogP) is 0.651. The average Bonchev–Trinajstić information content (AvgIpc) is 2.99. The van der Waals surface area contributed by atoms with E-state index in [1.807, 2.05) is 23.0 Å². The van der Waals surface area contributed by atoms with Crippen molar-refractivity contribution in [2.75, 3.05) is 14.1 Å². The fourth-order valence-electron chi connectivity index (χ4n) is 3.19. The van der Waals surface area contributed by atoms with Crippen molar-refractivity contribution in [2.24, 2.45) is 4.99 Å². The number of imide groups is 1. The quantitative estimate of drug-likeness (QED) is 0.751. The van der Waals surface area contributed by atoms with E-state index in [-0.39, 0.29) is 17.7 Å². The topological polar surface area (TPSA) is 78.9 Å². The molecule has 8 heteroatoms. The molecule has 2 aliphatic heterocycles. The van der Waals surface area contributed by atoms with E-state index in [9.17, 15) is 14.4 Å². The van der Waals surface area contributed by atoms with Crippen LogP contribution in [0, 0.1) is 13.8 Å². The lowest BCUT2D eigenvalue weighted by atomic mass is 10.1. The minimum Gasteiger partial charge on any atom is -0.296 e. The highest BCUT2D eigenvalue weighted by Gasteiger charge is 2.53. The Kier molecular flexibility index (Phi) is 3.17. The minimum atomic E-state index is -0.656. The van der Waals surface area contributed by atoms with Crippen LogP contribution in [0.25, 0.3) is 0 Å². The Morgan fingerprint density at radius 1 is 1.22 bits per heavy atom. The van der Waals surface area contributed by atoms with Crippen molar-refractivity contribution in [3.63, 3.8) is 0 Å². The Morgan fingerprint density at radius 2 is 1.83 bits per heavy atom. The van der Waals surface area contributed by atoms with Crippen LogP contribution in [-0.4, -0.2) is 52.0 Å². The van der Waals surface area contributed by atoms with E-state index in [1.165, 1.54) is 18.9 Å². The number of aliphatic imine (C=N–C) groups is 1. The Hall–Kier alpha value is -2.51. The van der Waals surface area contributed by atoms with E-state index in [0.29, 0.717) is 11.8 Å². The molecule has 0 aromatic carbocycles. The number of ketones is 1. The van der Waals surface area contributed by atoms with Crippen molar-refractivity contribution < 1.29 is 19.0 Å². The molecule has 23 heavy (non-hydrogen) atoms. The van der Waals surface area contributed by atoms with Gasteiger partial charge in [0, 0.05) is 14.1 Å². The van der Waals surface area contributed by atoms with E-state index in [1.54, 1.807) is 14.0 Å². The van der Waals surface area contributed by atoms with Crippen molar-refractivity contribution in [2.45, 2.75) is 39.8 Å². The number of carbonyl (C=O) groups excluding carboxylic acids is 3. The molecule has 3 heterocycles. The van der Waals surface area contributed by atoms with Crippen LogP contribution >= 0.6 is 0 Å². The van der Waals surface area contributed by atoms with Gasteiger partial charge in [-0.3, -0.25) is 19.4 Å². The Labute approximate surface area is 134 Å². The van der Waals surface area contributed by atoms with Crippen molar-refractivity contribution in [3.05, 3.63) is 11.4 Å². The molecule has 3 rings (SSSR count). The van der Waals surface area contributed by atoms with Gasteiger partial charge in [0.05, 0.1) is 0 Å². The van der Waals surface area contributed by atoms with Crippen LogP contribution < -0.4 is 4.57 Å². The fourth-order valence-corrected chi connectivity index (χ4v) is 3.19. The van der Waals surface area contributed by atoms with Crippen LogP contribution in [0.5, 0.6) is 0 Å². The molecule has 0 N–H and O–H groups in total. The third-order valence-corrected chi connectivity index (χ3v) is 4.85. The van der Waals surface area contributed by atoms with Crippen molar-refractivity contribution in [1.29, 1.82) is 0 Å². The van der Waals surface area contributed by atoms with Gasteiger partial charge < -0.3 is 0 Å². The van der Waals surface area contributed by atoms with Gasteiger partial charge in [-0.15, -0.1) is 0 Å². The summed E-state index contributed by atoms with van der Waals surface area (Å²) in [5, 5.41) is 0. The number of aromatic nitrogens is 2. The minimum absolute atomic E-state index is 0.00875. The van der Waals surface area contributed by atoms with Gasteiger partial charge in [-0.25, -0.2) is 13.9 Å². The molecule has 1 saturated heterocycles. The van der Waals surface area contributed by atoms with Gasteiger partial charge in [0.2, 0.25) is 11.9 Å². The zero-order valence-electron chi connectivity index (χ0n) is 14.1. The summed E-state index contributed by atoms with van der Waals surface area (Å²) >= 11 is 0. The maximum atomic E-state index is 12.6. The monoisotopic (exact) mass is 318 g/mol. The van der Waals surface area contributed by atoms with E-state index < -0.39 is 12.1 Å². The number of urea groups is 1. The molecule has 2 aliphatic rings. The lowest BCUT2D eigenvalue weighted by Crippen LogP contribution is -2.62. The highest BCUT2D eigenvalue weighted by atomic mass is 16.2. The number of amidine groups is 1. The third-order valence-electron chi connectivity index (χ3n) is 4.85. The van der Waals surface area contributed by atoms with Crippen LogP contribution in [-0.2, 0) is 9.59 Å². The number of likely N-dealkylation sites (N-methyl/N-ethyl adjacent to an activating group) is 2. The Morgan fingerprint density at radius 3 is 2.39 bits per heavy atom. The second-order valence-corrected chi connectivity index (χ2v) is 6.11.